The average Bonchev–Trinajstić information content (AvgIpc) is 3.19. The second kappa shape index (κ2) is 7.67. The minimum atomic E-state index is -0.768. The molecule has 0 bridgehead atoms. The third-order valence-corrected chi connectivity index (χ3v) is 7.23. The smallest absolute Gasteiger partial charge is 0.232 e. The number of aliphatic hydroxyl groups is 1. The van der Waals surface area contributed by atoms with Crippen LogP contribution in [0, 0.1) is 5.41 Å². The molecule has 2 heterocycles. The number of guanidine groups is 1. The van der Waals surface area contributed by atoms with Crippen molar-refractivity contribution in [2.75, 3.05) is 0 Å². The SMILES string of the molecule is CC1(C)CC(=O)N(C2c3cc(C(=O)C[C@@H]4c5ccccc5C[C@H]4O)ccc3OC2(C)C)C(=N)N1. The molecule has 3 aliphatic rings. The van der Waals surface area contributed by atoms with Crippen molar-refractivity contribution in [1.29, 1.82) is 5.41 Å². The minimum absolute atomic E-state index is 0.0400. The molecule has 34 heavy (non-hydrogen) atoms. The highest BCUT2D eigenvalue weighted by Gasteiger charge is 2.50. The van der Waals surface area contributed by atoms with Crippen LogP contribution in [0.5, 0.6) is 5.75 Å². The molecular weight excluding hydrogens is 430 g/mol. The molecule has 7 heteroatoms. The van der Waals surface area contributed by atoms with Gasteiger partial charge < -0.3 is 15.2 Å². The topological polar surface area (TPSA) is 103 Å². The molecule has 3 N–H and O–H groups in total. The zero-order valence-electron chi connectivity index (χ0n) is 20.0. The molecule has 2 aromatic carbocycles. The number of ether oxygens (including phenoxy) is 1. The summed E-state index contributed by atoms with van der Waals surface area (Å²) in [6.45, 7) is 7.58. The van der Waals surface area contributed by atoms with Crippen LogP contribution in [-0.4, -0.2) is 44.9 Å². The fourth-order valence-electron chi connectivity index (χ4n) is 5.70. The Morgan fingerprint density at radius 2 is 1.91 bits per heavy atom. The Morgan fingerprint density at radius 1 is 1.18 bits per heavy atom. The molecule has 1 aliphatic carbocycles. The second-order valence-corrected chi connectivity index (χ2v) is 10.9. The maximum absolute atomic E-state index is 13.3. The first-order valence-electron chi connectivity index (χ1n) is 11.8. The predicted octanol–water partition coefficient (Wildman–Crippen LogP) is 3.71. The molecule has 1 unspecified atom stereocenters. The van der Waals surface area contributed by atoms with Crippen molar-refractivity contribution in [2.24, 2.45) is 0 Å². The van der Waals surface area contributed by atoms with Gasteiger partial charge in [0.15, 0.2) is 11.7 Å². The van der Waals surface area contributed by atoms with Crippen LogP contribution >= 0.6 is 0 Å². The summed E-state index contributed by atoms with van der Waals surface area (Å²) in [5.74, 6) is 0.210. The third kappa shape index (κ3) is 3.68. The van der Waals surface area contributed by atoms with E-state index < -0.39 is 23.3 Å². The van der Waals surface area contributed by atoms with Crippen LogP contribution in [0.3, 0.4) is 0 Å². The molecule has 1 fully saturated rings. The van der Waals surface area contributed by atoms with Crippen molar-refractivity contribution in [3.05, 3.63) is 64.7 Å². The Labute approximate surface area is 199 Å². The Kier molecular flexibility index (Phi) is 5.09. The molecule has 2 aliphatic heterocycles. The fourth-order valence-corrected chi connectivity index (χ4v) is 5.70. The molecule has 5 rings (SSSR count). The van der Waals surface area contributed by atoms with E-state index in [9.17, 15) is 14.7 Å². The molecule has 0 radical (unpaired) electrons. The fraction of sp³-hybridized carbons (Fsp3) is 0.444. The summed E-state index contributed by atoms with van der Waals surface area (Å²) >= 11 is 0. The summed E-state index contributed by atoms with van der Waals surface area (Å²) in [5, 5.41) is 22.3. The van der Waals surface area contributed by atoms with Crippen molar-refractivity contribution >= 4 is 17.6 Å². The molecule has 1 saturated heterocycles. The summed E-state index contributed by atoms with van der Waals surface area (Å²) in [5.41, 5.74) is 2.11. The highest BCUT2D eigenvalue weighted by Crippen LogP contribution is 2.48. The Hall–Kier alpha value is -3.19. The number of nitrogens with one attached hydrogen (secondary N) is 2. The number of hydrogen-bond donors (Lipinski definition) is 3. The standard InChI is InChI=1S/C27H31N3O4/c1-26(2)14-23(33)30(25(28)29-26)24-19-11-16(9-10-22(19)34-27(24,3)4)20(31)13-18-17-8-6-5-7-15(17)12-21(18)32/h5-11,18,21,24,32H,12-14H2,1-4H3,(H2,28,29)/t18-,21-,24?/m1/s1. The van der Waals surface area contributed by atoms with Gasteiger partial charge in [-0.15, -0.1) is 0 Å². The molecule has 7 nitrogen and oxygen atoms in total. The summed E-state index contributed by atoms with van der Waals surface area (Å²) < 4.78 is 6.17. The number of nitrogens with zero attached hydrogens (tertiary/aromatic N) is 1. The van der Waals surface area contributed by atoms with E-state index in [0.717, 1.165) is 16.7 Å². The van der Waals surface area contributed by atoms with Crippen LogP contribution in [0.15, 0.2) is 42.5 Å². The van der Waals surface area contributed by atoms with Crippen molar-refractivity contribution < 1.29 is 19.4 Å². The molecule has 3 atom stereocenters. The highest BCUT2D eigenvalue weighted by molar-refractivity contribution is 6.00. The van der Waals surface area contributed by atoms with Gasteiger partial charge in [0.25, 0.3) is 0 Å². The van der Waals surface area contributed by atoms with Gasteiger partial charge in [0.05, 0.1) is 6.10 Å². The molecule has 0 spiro atoms. The predicted molar refractivity (Wildman–Crippen MR) is 128 cm³/mol. The quantitative estimate of drug-likeness (QED) is 0.603. The van der Waals surface area contributed by atoms with Gasteiger partial charge in [-0.3, -0.25) is 19.9 Å². The van der Waals surface area contributed by atoms with Gasteiger partial charge in [-0.05, 0) is 63.4 Å². The van der Waals surface area contributed by atoms with Gasteiger partial charge in [0.2, 0.25) is 5.91 Å². The van der Waals surface area contributed by atoms with E-state index in [2.05, 4.69) is 5.32 Å². The van der Waals surface area contributed by atoms with Crippen LogP contribution in [0.2, 0.25) is 0 Å². The minimum Gasteiger partial charge on any atom is -0.485 e. The summed E-state index contributed by atoms with van der Waals surface area (Å²) in [6, 6.07) is 12.7. The maximum atomic E-state index is 13.3. The van der Waals surface area contributed by atoms with E-state index >= 15 is 0 Å². The van der Waals surface area contributed by atoms with Gasteiger partial charge in [-0.25, -0.2) is 0 Å². The summed E-state index contributed by atoms with van der Waals surface area (Å²) in [4.78, 5) is 27.9. The first-order valence-corrected chi connectivity index (χ1v) is 11.8. The van der Waals surface area contributed by atoms with Gasteiger partial charge in [-0.1, -0.05) is 24.3 Å². The number of benzene rings is 2. The van der Waals surface area contributed by atoms with E-state index in [1.165, 1.54) is 4.90 Å². The van der Waals surface area contributed by atoms with Crippen molar-refractivity contribution in [2.45, 2.75) is 76.2 Å². The molecule has 178 valence electrons. The number of carbonyl (C=O) groups excluding carboxylic acids is 2. The summed E-state index contributed by atoms with van der Waals surface area (Å²) in [7, 11) is 0. The largest absolute Gasteiger partial charge is 0.485 e. The number of fused-ring (bicyclic) bond motifs is 2. The van der Waals surface area contributed by atoms with Gasteiger partial charge in [0.1, 0.15) is 17.4 Å². The summed E-state index contributed by atoms with van der Waals surface area (Å²) in [6.07, 6.45) is 0.451. The van der Waals surface area contributed by atoms with E-state index in [1.54, 1.807) is 18.2 Å². The van der Waals surface area contributed by atoms with E-state index in [1.807, 2.05) is 52.0 Å². The van der Waals surface area contributed by atoms with Crippen LogP contribution in [0.1, 0.15) is 79.5 Å². The van der Waals surface area contributed by atoms with Crippen LogP contribution in [-0.2, 0) is 11.2 Å². The zero-order valence-corrected chi connectivity index (χ0v) is 20.0. The lowest BCUT2D eigenvalue weighted by Crippen LogP contribution is -2.62. The highest BCUT2D eigenvalue weighted by atomic mass is 16.5. The second-order valence-electron chi connectivity index (χ2n) is 10.9. The molecule has 1 amide bonds. The zero-order chi connectivity index (χ0) is 24.4. The normalized spacial score (nSPS) is 26.5. The van der Waals surface area contributed by atoms with Crippen molar-refractivity contribution in [1.82, 2.24) is 10.2 Å². The van der Waals surface area contributed by atoms with Gasteiger partial charge in [-0.2, -0.15) is 0 Å². The number of hydrogen-bond acceptors (Lipinski definition) is 5. The number of carbonyl (C=O) groups is 2. The van der Waals surface area contributed by atoms with Gasteiger partial charge in [0, 0.05) is 35.4 Å². The van der Waals surface area contributed by atoms with E-state index in [0.29, 0.717) is 17.7 Å². The molecule has 0 saturated carbocycles. The number of ketones is 1. The van der Waals surface area contributed by atoms with Gasteiger partial charge >= 0.3 is 0 Å². The van der Waals surface area contributed by atoms with Crippen LogP contribution in [0.25, 0.3) is 0 Å². The molecule has 0 aromatic heterocycles. The number of Topliss-reactive ketones (excluding diaryl/α,β-unsaturated/α-hetero) is 1. The Bertz CT molecular complexity index is 1180. The first kappa shape index (κ1) is 22.6. The van der Waals surface area contributed by atoms with E-state index in [-0.39, 0.29) is 36.4 Å². The lowest BCUT2D eigenvalue weighted by atomic mass is 9.87. The van der Waals surface area contributed by atoms with Crippen LogP contribution < -0.4 is 10.1 Å². The monoisotopic (exact) mass is 461 g/mol. The van der Waals surface area contributed by atoms with Crippen molar-refractivity contribution in [3.63, 3.8) is 0 Å². The van der Waals surface area contributed by atoms with Crippen LogP contribution in [0.4, 0.5) is 0 Å². The molecular formula is C27H31N3O4. The maximum Gasteiger partial charge on any atom is 0.232 e. The van der Waals surface area contributed by atoms with E-state index in [4.69, 9.17) is 10.1 Å². The number of amides is 1. The third-order valence-electron chi connectivity index (χ3n) is 7.23. The average molecular weight is 462 g/mol. The lowest BCUT2D eigenvalue weighted by Gasteiger charge is -2.43. The first-order chi connectivity index (χ1) is 16.0. The lowest BCUT2D eigenvalue weighted by molar-refractivity contribution is -0.134. The molecule has 2 aromatic rings. The number of aliphatic hydroxyl groups excluding tert-OH is 1. The Balaban J connectivity index is 1.45. The Morgan fingerprint density at radius 3 is 2.65 bits per heavy atom. The number of rotatable bonds is 4. The van der Waals surface area contributed by atoms with Crippen molar-refractivity contribution in [3.8, 4) is 5.75 Å².